The van der Waals surface area contributed by atoms with Gasteiger partial charge in [-0.2, -0.15) is 0 Å². The fourth-order valence-corrected chi connectivity index (χ4v) is 4.67. The minimum Gasteiger partial charge on any atom is -0.464 e. The van der Waals surface area contributed by atoms with Gasteiger partial charge in [0.1, 0.15) is 11.3 Å². The van der Waals surface area contributed by atoms with Crippen molar-refractivity contribution in [3.8, 4) is 5.69 Å². The Kier molecular flexibility index (Phi) is 5.80. The average Bonchev–Trinajstić information content (AvgIpc) is 3.52. The maximum absolute atomic E-state index is 13.0. The number of amides is 1. The molecular weight excluding hydrogens is 446 g/mol. The SMILES string of the molecule is Cc1c(NC(=O)C(C)OC(=O)Cc2coc3cc4c(cc23)CCC4)c(=O)n(-c2ccccc2)n1C. The van der Waals surface area contributed by atoms with Gasteiger partial charge >= 0.3 is 5.97 Å². The third kappa shape index (κ3) is 4.16. The van der Waals surface area contributed by atoms with E-state index in [0.29, 0.717) is 11.4 Å². The van der Waals surface area contributed by atoms with E-state index in [1.54, 1.807) is 24.9 Å². The van der Waals surface area contributed by atoms with Crippen LogP contribution in [0, 0.1) is 6.92 Å². The molecule has 8 heteroatoms. The lowest BCUT2D eigenvalue weighted by atomic mass is 10.0. The monoisotopic (exact) mass is 473 g/mol. The molecule has 0 saturated heterocycles. The minimum atomic E-state index is -1.07. The van der Waals surface area contributed by atoms with Crippen LogP contribution in [0.5, 0.6) is 0 Å². The number of aromatic nitrogens is 2. The first-order valence-electron chi connectivity index (χ1n) is 11.7. The van der Waals surface area contributed by atoms with Gasteiger partial charge in [0.15, 0.2) is 6.10 Å². The van der Waals surface area contributed by atoms with Gasteiger partial charge in [0.2, 0.25) is 0 Å². The molecule has 1 N–H and O–H groups in total. The summed E-state index contributed by atoms with van der Waals surface area (Å²) in [4.78, 5) is 38.4. The highest BCUT2D eigenvalue weighted by molar-refractivity contribution is 5.96. The van der Waals surface area contributed by atoms with E-state index in [-0.39, 0.29) is 17.7 Å². The number of rotatable bonds is 6. The van der Waals surface area contributed by atoms with Crippen LogP contribution >= 0.6 is 0 Å². The molecule has 0 bridgehead atoms. The van der Waals surface area contributed by atoms with Gasteiger partial charge in [0.25, 0.3) is 11.5 Å². The summed E-state index contributed by atoms with van der Waals surface area (Å²) in [5, 5.41) is 3.55. The highest BCUT2D eigenvalue weighted by atomic mass is 16.5. The summed E-state index contributed by atoms with van der Waals surface area (Å²) in [6.45, 7) is 3.23. The number of nitrogens with zero attached hydrogens (tertiary/aromatic N) is 2. The molecule has 1 atom stereocenters. The zero-order valence-corrected chi connectivity index (χ0v) is 20.0. The fraction of sp³-hybridized carbons (Fsp3) is 0.296. The van der Waals surface area contributed by atoms with Crippen LogP contribution in [-0.4, -0.2) is 27.3 Å². The van der Waals surface area contributed by atoms with Crippen molar-refractivity contribution < 1.29 is 18.7 Å². The number of carbonyl (C=O) groups excluding carboxylic acids is 2. The molecule has 5 rings (SSSR count). The van der Waals surface area contributed by atoms with Gasteiger partial charge in [0.05, 0.1) is 24.1 Å². The van der Waals surface area contributed by atoms with Crippen LogP contribution in [0.15, 0.2) is 57.9 Å². The second kappa shape index (κ2) is 8.94. The molecule has 1 aliphatic carbocycles. The predicted octanol–water partition coefficient (Wildman–Crippen LogP) is 3.83. The molecule has 2 heterocycles. The summed E-state index contributed by atoms with van der Waals surface area (Å²) in [7, 11) is 1.74. The molecule has 1 aliphatic rings. The first kappa shape index (κ1) is 22.7. The topological polar surface area (TPSA) is 95.5 Å². The third-order valence-electron chi connectivity index (χ3n) is 6.68. The molecule has 0 radical (unpaired) electrons. The zero-order valence-electron chi connectivity index (χ0n) is 20.0. The highest BCUT2D eigenvalue weighted by Gasteiger charge is 2.24. The van der Waals surface area contributed by atoms with E-state index in [9.17, 15) is 14.4 Å². The maximum atomic E-state index is 13.0. The minimum absolute atomic E-state index is 0.00537. The molecule has 180 valence electrons. The van der Waals surface area contributed by atoms with Gasteiger partial charge < -0.3 is 14.5 Å². The average molecular weight is 474 g/mol. The summed E-state index contributed by atoms with van der Waals surface area (Å²) in [5.41, 5.74) is 5.14. The lowest BCUT2D eigenvalue weighted by Gasteiger charge is -2.13. The Morgan fingerprint density at radius 3 is 2.60 bits per heavy atom. The molecule has 35 heavy (non-hydrogen) atoms. The summed E-state index contributed by atoms with van der Waals surface area (Å²) in [5.74, 6) is -1.11. The molecule has 2 aromatic heterocycles. The molecule has 1 unspecified atom stereocenters. The number of nitrogens with one attached hydrogen (secondary N) is 1. The highest BCUT2D eigenvalue weighted by Crippen LogP contribution is 2.30. The van der Waals surface area contributed by atoms with Gasteiger partial charge in [0, 0.05) is 18.0 Å². The van der Waals surface area contributed by atoms with Crippen molar-refractivity contribution >= 4 is 28.5 Å². The van der Waals surface area contributed by atoms with E-state index >= 15 is 0 Å². The standard InChI is InChI=1S/C27H27N3O5/c1-16-25(27(33)30(29(16)3)21-10-5-4-6-11-21)28-26(32)17(2)35-24(31)14-20-15-34-23-13-19-9-7-8-18(19)12-22(20)23/h4-6,10-13,15,17H,7-9,14H2,1-3H3,(H,28,32). The maximum Gasteiger partial charge on any atom is 0.311 e. The van der Waals surface area contributed by atoms with Gasteiger partial charge in [-0.3, -0.25) is 19.1 Å². The third-order valence-corrected chi connectivity index (χ3v) is 6.68. The summed E-state index contributed by atoms with van der Waals surface area (Å²) in [6.07, 6.45) is 3.70. The van der Waals surface area contributed by atoms with Crippen molar-refractivity contribution in [1.82, 2.24) is 9.36 Å². The molecule has 1 amide bonds. The van der Waals surface area contributed by atoms with Crippen LogP contribution in [0.3, 0.4) is 0 Å². The molecule has 0 fully saturated rings. The fourth-order valence-electron chi connectivity index (χ4n) is 4.67. The van der Waals surface area contributed by atoms with E-state index in [1.807, 2.05) is 36.4 Å². The Labute approximate surface area is 202 Å². The number of aryl methyl sites for hydroxylation is 2. The Bertz CT molecular complexity index is 1490. The molecular formula is C27H27N3O5. The number of ether oxygens (including phenoxy) is 1. The molecule has 0 spiro atoms. The van der Waals surface area contributed by atoms with E-state index < -0.39 is 18.0 Å². The van der Waals surface area contributed by atoms with Crippen molar-refractivity contribution in [3.05, 3.63) is 81.5 Å². The van der Waals surface area contributed by atoms with Gasteiger partial charge in [-0.15, -0.1) is 0 Å². The number of hydrogen-bond acceptors (Lipinski definition) is 5. The number of hydrogen-bond donors (Lipinski definition) is 1. The number of esters is 1. The van der Waals surface area contributed by atoms with Crippen LogP contribution in [0.4, 0.5) is 5.69 Å². The molecule has 4 aromatic rings. The lowest BCUT2D eigenvalue weighted by molar-refractivity contribution is -0.152. The number of para-hydroxylation sites is 1. The zero-order chi connectivity index (χ0) is 24.7. The number of anilines is 1. The van der Waals surface area contributed by atoms with Crippen molar-refractivity contribution in [2.24, 2.45) is 7.05 Å². The Morgan fingerprint density at radius 2 is 1.86 bits per heavy atom. The van der Waals surface area contributed by atoms with Crippen LogP contribution < -0.4 is 10.9 Å². The van der Waals surface area contributed by atoms with Crippen LogP contribution in [0.2, 0.25) is 0 Å². The van der Waals surface area contributed by atoms with Crippen LogP contribution in [0.1, 0.15) is 35.7 Å². The number of fused-ring (bicyclic) bond motifs is 2. The Morgan fingerprint density at radius 1 is 1.14 bits per heavy atom. The number of furan rings is 1. The van der Waals surface area contributed by atoms with Crippen molar-refractivity contribution in [2.45, 2.75) is 45.6 Å². The molecule has 8 nitrogen and oxygen atoms in total. The first-order chi connectivity index (χ1) is 16.8. The second-order valence-electron chi connectivity index (χ2n) is 8.97. The van der Waals surface area contributed by atoms with E-state index in [4.69, 9.17) is 9.15 Å². The van der Waals surface area contributed by atoms with E-state index in [0.717, 1.165) is 35.8 Å². The number of carbonyl (C=O) groups is 2. The van der Waals surface area contributed by atoms with E-state index in [1.165, 1.54) is 22.7 Å². The lowest BCUT2D eigenvalue weighted by Crippen LogP contribution is -2.32. The molecule has 2 aromatic carbocycles. The quantitative estimate of drug-likeness (QED) is 0.430. The van der Waals surface area contributed by atoms with Crippen molar-refractivity contribution in [3.63, 3.8) is 0 Å². The first-order valence-corrected chi connectivity index (χ1v) is 11.7. The summed E-state index contributed by atoms with van der Waals surface area (Å²) >= 11 is 0. The normalized spacial score (nSPS) is 13.6. The molecule has 0 saturated carbocycles. The van der Waals surface area contributed by atoms with Crippen LogP contribution in [0.25, 0.3) is 16.7 Å². The van der Waals surface area contributed by atoms with Gasteiger partial charge in [-0.05, 0) is 68.5 Å². The van der Waals surface area contributed by atoms with E-state index in [2.05, 4.69) is 11.4 Å². The largest absolute Gasteiger partial charge is 0.464 e. The number of benzene rings is 2. The summed E-state index contributed by atoms with van der Waals surface area (Å²) in [6, 6.07) is 13.3. The smallest absolute Gasteiger partial charge is 0.311 e. The Hall–Kier alpha value is -4.07. The van der Waals surface area contributed by atoms with Crippen molar-refractivity contribution in [1.29, 1.82) is 0 Å². The van der Waals surface area contributed by atoms with Gasteiger partial charge in [-0.25, -0.2) is 4.68 Å². The molecule has 0 aliphatic heterocycles. The Balaban J connectivity index is 1.28. The van der Waals surface area contributed by atoms with Crippen molar-refractivity contribution in [2.75, 3.05) is 5.32 Å². The second-order valence-corrected chi connectivity index (χ2v) is 8.97. The summed E-state index contributed by atoms with van der Waals surface area (Å²) < 4.78 is 14.2. The predicted molar refractivity (Wildman–Crippen MR) is 132 cm³/mol. The van der Waals surface area contributed by atoms with Gasteiger partial charge in [-0.1, -0.05) is 18.2 Å². The van der Waals surface area contributed by atoms with Crippen LogP contribution in [-0.2, 0) is 40.6 Å².